The molecule has 0 radical (unpaired) electrons. The van der Waals surface area contributed by atoms with E-state index in [1.807, 2.05) is 0 Å². The molecule has 4 nitrogen and oxygen atoms in total. The van der Waals surface area contributed by atoms with Gasteiger partial charge in [0.15, 0.2) is 0 Å². The molecule has 7 heteroatoms. The van der Waals surface area contributed by atoms with Crippen LogP contribution in [0, 0.1) is 20.0 Å². The molecule has 69 valence electrons. The number of carbonyl (C=O) groups excluding carboxylic acids is 1. The Balaban J connectivity index is -0.0000000174. The SMILES string of the molecule is C[C-]=O.[C-]#[O+].[C-]#[O+].[C-]#[O+].[I][Fe+][I]. The first-order valence-corrected chi connectivity index (χ1v) is 8.71. The van der Waals surface area contributed by atoms with E-state index in [0.29, 0.717) is 0 Å². The van der Waals surface area contributed by atoms with Crippen molar-refractivity contribution in [3.05, 3.63) is 20.0 Å². The molecule has 0 bridgehead atoms. The van der Waals surface area contributed by atoms with Crippen molar-refractivity contribution in [2.24, 2.45) is 0 Å². The molecule has 0 aromatic carbocycles. The molecule has 0 amide bonds. The fourth-order valence-corrected chi connectivity index (χ4v) is 0. The van der Waals surface area contributed by atoms with Crippen LogP contribution in [-0.2, 0) is 27.2 Å². The zero-order chi connectivity index (χ0) is 11.4. The molecule has 0 unspecified atom stereocenters. The van der Waals surface area contributed by atoms with E-state index in [1.54, 1.807) is 0 Å². The van der Waals surface area contributed by atoms with Crippen LogP contribution in [0.3, 0.4) is 0 Å². The van der Waals surface area contributed by atoms with Gasteiger partial charge in [0.1, 0.15) is 0 Å². The number of rotatable bonds is 0. The summed E-state index contributed by atoms with van der Waals surface area (Å²) in [6, 6.07) is 0. The maximum absolute atomic E-state index is 8.68. The van der Waals surface area contributed by atoms with Crippen LogP contribution in [0.25, 0.3) is 0 Å². The van der Waals surface area contributed by atoms with Crippen molar-refractivity contribution in [3.63, 3.8) is 0 Å². The zero-order valence-electron chi connectivity index (χ0n) is 5.74. The summed E-state index contributed by atoms with van der Waals surface area (Å²) in [7, 11) is 1.19. The van der Waals surface area contributed by atoms with Gasteiger partial charge in [0.25, 0.3) is 0 Å². The van der Waals surface area contributed by atoms with Crippen LogP contribution < -0.4 is 0 Å². The topological polar surface area (TPSA) is 76.8 Å². The fraction of sp³-hybridized carbons (Fsp3) is 0.200. The Labute approximate surface area is 100 Å². The molecule has 0 aliphatic carbocycles. The van der Waals surface area contributed by atoms with Gasteiger partial charge in [-0.2, -0.15) is 6.92 Å². The zero-order valence-corrected chi connectivity index (χ0v) is 11.2. The predicted molar refractivity (Wildman–Crippen MR) is 51.2 cm³/mol. The molecule has 0 heterocycles. The summed E-state index contributed by atoms with van der Waals surface area (Å²) in [4.78, 5) is 8.68. The van der Waals surface area contributed by atoms with E-state index >= 15 is 0 Å². The first-order chi connectivity index (χ1) is 5.83. The Kier molecular flexibility index (Phi) is 416. The van der Waals surface area contributed by atoms with Crippen molar-refractivity contribution < 1.29 is 27.2 Å². The first-order valence-electron chi connectivity index (χ1n) is 1.58. The minimum absolute atomic E-state index is 1.19. The van der Waals surface area contributed by atoms with Crippen LogP contribution in [0.4, 0.5) is 0 Å². The van der Waals surface area contributed by atoms with Gasteiger partial charge in [-0.25, -0.2) is 0 Å². The van der Waals surface area contributed by atoms with Crippen LogP contribution in [-0.4, -0.2) is 6.29 Å². The summed E-state index contributed by atoms with van der Waals surface area (Å²) in [5, 5.41) is 0. The third-order valence-electron chi connectivity index (χ3n) is 0. The average Bonchev–Trinajstić information content (AvgIpc) is 2.16. The standard InChI is InChI=1S/C2H3O.3CO.Fe.2HI/c1-2-3;3*1-2;;;/h1H3;;;;;2*1H/q-1;;;;+3;;/p-2. The molecule has 0 N–H and O–H groups in total. The molecule has 0 aromatic rings. The molecular weight excluding hydrogens is 434 g/mol. The van der Waals surface area contributed by atoms with Gasteiger partial charge in [-0.15, -0.1) is 0 Å². The van der Waals surface area contributed by atoms with E-state index in [9.17, 15) is 0 Å². The summed E-state index contributed by atoms with van der Waals surface area (Å²) in [6.45, 7) is 14.8. The van der Waals surface area contributed by atoms with E-state index in [4.69, 9.17) is 18.8 Å². The fourth-order valence-electron chi connectivity index (χ4n) is 0. The first kappa shape index (κ1) is 29.3. The molecule has 0 saturated heterocycles. The van der Waals surface area contributed by atoms with Crippen LogP contribution in [0.15, 0.2) is 0 Å². The molecule has 0 aliphatic rings. The van der Waals surface area contributed by atoms with Crippen molar-refractivity contribution in [3.8, 4) is 0 Å². The molecule has 0 aromatic heterocycles. The quantitative estimate of drug-likeness (QED) is 0.247. The summed E-state index contributed by atoms with van der Waals surface area (Å²) in [6.07, 6.45) is 1.50. The van der Waals surface area contributed by atoms with Gasteiger partial charge in [-0.3, -0.25) is 6.29 Å². The maximum atomic E-state index is 8.68. The molecular formula is C5H3FeI2O4. The van der Waals surface area contributed by atoms with Crippen LogP contribution in [0.1, 0.15) is 6.92 Å². The molecule has 0 atom stereocenters. The van der Waals surface area contributed by atoms with Gasteiger partial charge in [0, 0.05) is 0 Å². The monoisotopic (exact) mass is 437 g/mol. The molecule has 0 aliphatic heterocycles. The van der Waals surface area contributed by atoms with E-state index < -0.39 is 0 Å². The van der Waals surface area contributed by atoms with E-state index in [-0.39, 0.29) is 0 Å². The van der Waals surface area contributed by atoms with Gasteiger partial charge in [0.05, 0.1) is 0 Å². The van der Waals surface area contributed by atoms with Gasteiger partial charge < -0.3 is 4.79 Å². The molecule has 0 spiro atoms. The van der Waals surface area contributed by atoms with E-state index in [2.05, 4.69) is 60.6 Å². The Bertz CT molecular complexity index is 87.1. The molecule has 0 rings (SSSR count). The second-order valence-corrected chi connectivity index (χ2v) is 9.58. The van der Waals surface area contributed by atoms with Gasteiger partial charge in [-0.1, -0.05) is 0 Å². The average molecular weight is 437 g/mol. The van der Waals surface area contributed by atoms with Crippen LogP contribution in [0.5, 0.6) is 0 Å². The number of halogens is 2. The summed E-state index contributed by atoms with van der Waals surface area (Å²) < 4.78 is 22.5. The summed E-state index contributed by atoms with van der Waals surface area (Å²) in [5.41, 5.74) is 0. The Morgan fingerprint density at radius 1 is 1.08 bits per heavy atom. The number of hydrogen-bond acceptors (Lipinski definition) is 1. The van der Waals surface area contributed by atoms with Crippen molar-refractivity contribution in [1.29, 1.82) is 0 Å². The van der Waals surface area contributed by atoms with Gasteiger partial charge in [-0.05, 0) is 0 Å². The summed E-state index contributed by atoms with van der Waals surface area (Å²) in [5.74, 6) is 0. The van der Waals surface area contributed by atoms with E-state index in [1.165, 1.54) is 21.7 Å². The van der Waals surface area contributed by atoms with Crippen molar-refractivity contribution in [1.82, 2.24) is 0 Å². The van der Waals surface area contributed by atoms with Crippen molar-refractivity contribution in [2.75, 3.05) is 0 Å². The Morgan fingerprint density at radius 2 is 1.08 bits per heavy atom. The minimum atomic E-state index is 1.19. The third kappa shape index (κ3) is 1400. The van der Waals surface area contributed by atoms with E-state index in [0.717, 1.165) is 0 Å². The van der Waals surface area contributed by atoms with Crippen LogP contribution >= 0.6 is 40.7 Å². The van der Waals surface area contributed by atoms with Crippen molar-refractivity contribution >= 4 is 47.0 Å². The predicted octanol–water partition coefficient (Wildman–Crippen LogP) is 1.77. The van der Waals surface area contributed by atoms with Gasteiger partial charge >= 0.3 is 83.1 Å². The molecule has 0 fully saturated rings. The molecule has 12 heavy (non-hydrogen) atoms. The Hall–Kier alpha value is 0.869. The van der Waals surface area contributed by atoms with Crippen molar-refractivity contribution in [2.45, 2.75) is 6.92 Å². The second kappa shape index (κ2) is 170. The van der Waals surface area contributed by atoms with Crippen LogP contribution in [0.2, 0.25) is 0 Å². The van der Waals surface area contributed by atoms with Gasteiger partial charge in [0.2, 0.25) is 0 Å². The Morgan fingerprint density at radius 3 is 1.08 bits per heavy atom. The number of hydrogen-bond donors (Lipinski definition) is 0. The molecule has 0 saturated carbocycles. The third-order valence-corrected chi connectivity index (χ3v) is 0. The second-order valence-electron chi connectivity index (χ2n) is 0.255. The normalized spacial score (nSPS) is 3.08. The summed E-state index contributed by atoms with van der Waals surface area (Å²) >= 11 is 4.55.